The molecule has 0 spiro atoms. The van der Waals surface area contributed by atoms with Crippen LogP contribution in [-0.2, 0) is 4.74 Å². The molecular weight excluding hydrogens is 200 g/mol. The van der Waals surface area contributed by atoms with Gasteiger partial charge in [0.15, 0.2) is 0 Å². The second-order valence-corrected chi connectivity index (χ2v) is 5.71. The van der Waals surface area contributed by atoms with Crippen LogP contribution in [0.1, 0.15) is 25.7 Å². The van der Waals surface area contributed by atoms with E-state index in [0.29, 0.717) is 0 Å². The molecule has 4 heterocycles. The number of hydrogen-bond donors (Lipinski definition) is 1. The second kappa shape index (κ2) is 4.63. The lowest BCUT2D eigenvalue weighted by atomic mass is 9.68. The van der Waals surface area contributed by atoms with Gasteiger partial charge in [-0.3, -0.25) is 4.90 Å². The van der Waals surface area contributed by atoms with Crippen molar-refractivity contribution < 1.29 is 4.74 Å². The van der Waals surface area contributed by atoms with Crippen LogP contribution < -0.4 is 5.73 Å². The zero-order chi connectivity index (χ0) is 11.0. The summed E-state index contributed by atoms with van der Waals surface area (Å²) in [6.45, 7) is 5.48. The van der Waals surface area contributed by atoms with Crippen molar-refractivity contribution >= 4 is 0 Å². The summed E-state index contributed by atoms with van der Waals surface area (Å²) in [5.41, 5.74) is 6.03. The molecule has 0 aromatic rings. The van der Waals surface area contributed by atoms with Crippen LogP contribution in [-0.4, -0.2) is 43.8 Å². The number of rotatable bonds is 2. The van der Waals surface area contributed by atoms with Crippen LogP contribution in [0.25, 0.3) is 0 Å². The molecule has 0 radical (unpaired) electrons. The van der Waals surface area contributed by atoms with Crippen LogP contribution in [0.5, 0.6) is 0 Å². The average molecular weight is 224 g/mol. The molecule has 0 amide bonds. The molecule has 4 rings (SSSR count). The van der Waals surface area contributed by atoms with Gasteiger partial charge >= 0.3 is 0 Å². The highest BCUT2D eigenvalue weighted by Gasteiger charge is 2.44. The maximum Gasteiger partial charge on any atom is 0.0469 e. The lowest BCUT2D eigenvalue weighted by molar-refractivity contribution is -0.0617. The van der Waals surface area contributed by atoms with E-state index < -0.39 is 0 Å². The Morgan fingerprint density at radius 1 is 1.00 bits per heavy atom. The van der Waals surface area contributed by atoms with Crippen molar-refractivity contribution in [1.82, 2.24) is 4.90 Å². The number of hydrogen-bond acceptors (Lipinski definition) is 3. The number of nitrogens with zero attached hydrogens (tertiary/aromatic N) is 1. The van der Waals surface area contributed by atoms with E-state index in [4.69, 9.17) is 10.5 Å². The van der Waals surface area contributed by atoms with Crippen LogP contribution in [0.15, 0.2) is 0 Å². The van der Waals surface area contributed by atoms with Crippen molar-refractivity contribution in [2.45, 2.75) is 31.7 Å². The topological polar surface area (TPSA) is 38.5 Å². The van der Waals surface area contributed by atoms with Crippen LogP contribution >= 0.6 is 0 Å². The number of fused-ring (bicyclic) bond motifs is 3. The molecule has 4 saturated heterocycles. The molecule has 2 atom stereocenters. The summed E-state index contributed by atoms with van der Waals surface area (Å²) in [7, 11) is 0. The highest BCUT2D eigenvalue weighted by molar-refractivity contribution is 4.98. The third kappa shape index (κ3) is 1.79. The number of piperidine rings is 3. The first kappa shape index (κ1) is 11.0. The van der Waals surface area contributed by atoms with Crippen molar-refractivity contribution in [3.63, 3.8) is 0 Å². The molecule has 0 saturated carbocycles. The Labute approximate surface area is 98.3 Å². The molecule has 3 nitrogen and oxygen atoms in total. The SMILES string of the molecule is NCC1C2CCN(CC2)C1C1CCOCC1. The summed E-state index contributed by atoms with van der Waals surface area (Å²) in [5.74, 6) is 2.54. The van der Waals surface area contributed by atoms with Gasteiger partial charge in [0.25, 0.3) is 0 Å². The highest BCUT2D eigenvalue weighted by Crippen LogP contribution is 2.41. The van der Waals surface area contributed by atoms with E-state index in [2.05, 4.69) is 4.90 Å². The van der Waals surface area contributed by atoms with Crippen LogP contribution in [0.4, 0.5) is 0 Å². The Kier molecular flexibility index (Phi) is 3.18. The first-order chi connectivity index (χ1) is 7.90. The Balaban J connectivity index is 1.75. The normalized spacial score (nSPS) is 44.8. The van der Waals surface area contributed by atoms with Crippen LogP contribution in [0.3, 0.4) is 0 Å². The zero-order valence-corrected chi connectivity index (χ0v) is 10.1. The smallest absolute Gasteiger partial charge is 0.0469 e. The van der Waals surface area contributed by atoms with E-state index in [0.717, 1.165) is 43.6 Å². The fraction of sp³-hybridized carbons (Fsp3) is 1.00. The molecule has 2 bridgehead atoms. The van der Waals surface area contributed by atoms with E-state index in [9.17, 15) is 0 Å². The van der Waals surface area contributed by atoms with Gasteiger partial charge in [-0.25, -0.2) is 0 Å². The zero-order valence-electron chi connectivity index (χ0n) is 10.1. The lowest BCUT2D eigenvalue weighted by Gasteiger charge is -2.54. The molecule has 0 aliphatic carbocycles. The average Bonchev–Trinajstić information content (AvgIpc) is 2.40. The molecular formula is C13H24N2O. The third-order valence-electron chi connectivity index (χ3n) is 5.06. The standard InChI is InChI=1S/C13H24N2O/c14-9-12-10-1-5-15(6-2-10)13(12)11-3-7-16-8-4-11/h10-13H,1-9,14H2. The molecule has 2 N–H and O–H groups in total. The minimum atomic E-state index is 0.769. The van der Waals surface area contributed by atoms with Crippen molar-refractivity contribution in [1.29, 1.82) is 0 Å². The summed E-state index contributed by atoms with van der Waals surface area (Å²) in [5, 5.41) is 0. The van der Waals surface area contributed by atoms with Gasteiger partial charge < -0.3 is 10.5 Å². The fourth-order valence-corrected chi connectivity index (χ4v) is 4.23. The molecule has 4 fully saturated rings. The van der Waals surface area contributed by atoms with Crippen LogP contribution in [0, 0.1) is 17.8 Å². The second-order valence-electron chi connectivity index (χ2n) is 5.71. The molecule has 16 heavy (non-hydrogen) atoms. The molecule has 92 valence electrons. The van der Waals surface area contributed by atoms with Gasteiger partial charge in [-0.05, 0) is 63.1 Å². The van der Waals surface area contributed by atoms with E-state index >= 15 is 0 Å². The quantitative estimate of drug-likeness (QED) is 0.763. The van der Waals surface area contributed by atoms with Gasteiger partial charge in [0.05, 0.1) is 0 Å². The van der Waals surface area contributed by atoms with Crippen molar-refractivity contribution in [3.8, 4) is 0 Å². The van der Waals surface area contributed by atoms with Crippen molar-refractivity contribution in [3.05, 3.63) is 0 Å². The van der Waals surface area contributed by atoms with Crippen LogP contribution in [0.2, 0.25) is 0 Å². The summed E-state index contributed by atoms with van der Waals surface area (Å²) in [6, 6.07) is 0.779. The van der Waals surface area contributed by atoms with Crippen molar-refractivity contribution in [2.75, 3.05) is 32.8 Å². The van der Waals surface area contributed by atoms with E-state index in [1.807, 2.05) is 0 Å². The van der Waals surface area contributed by atoms with Gasteiger partial charge in [-0.2, -0.15) is 0 Å². The van der Waals surface area contributed by atoms with Crippen molar-refractivity contribution in [2.24, 2.45) is 23.5 Å². The summed E-state index contributed by atoms with van der Waals surface area (Å²) in [6.07, 6.45) is 5.29. The summed E-state index contributed by atoms with van der Waals surface area (Å²) >= 11 is 0. The first-order valence-corrected chi connectivity index (χ1v) is 6.92. The predicted molar refractivity (Wildman–Crippen MR) is 64.2 cm³/mol. The van der Waals surface area contributed by atoms with E-state index in [-0.39, 0.29) is 0 Å². The molecule has 4 aliphatic heterocycles. The van der Waals surface area contributed by atoms with Gasteiger partial charge in [-0.1, -0.05) is 0 Å². The minimum absolute atomic E-state index is 0.769. The lowest BCUT2D eigenvalue weighted by Crippen LogP contribution is -2.60. The largest absolute Gasteiger partial charge is 0.381 e. The predicted octanol–water partition coefficient (Wildman–Crippen LogP) is 1.08. The monoisotopic (exact) mass is 224 g/mol. The van der Waals surface area contributed by atoms with E-state index in [1.54, 1.807) is 0 Å². The molecule has 0 aromatic heterocycles. The number of ether oxygens (including phenoxy) is 1. The van der Waals surface area contributed by atoms with Gasteiger partial charge in [-0.15, -0.1) is 0 Å². The molecule has 2 unspecified atom stereocenters. The fourth-order valence-electron chi connectivity index (χ4n) is 4.23. The van der Waals surface area contributed by atoms with Gasteiger partial charge in [0, 0.05) is 19.3 Å². The Bertz CT molecular complexity index is 232. The Morgan fingerprint density at radius 2 is 1.69 bits per heavy atom. The van der Waals surface area contributed by atoms with Gasteiger partial charge in [0.1, 0.15) is 0 Å². The molecule has 0 aromatic carbocycles. The maximum absolute atomic E-state index is 6.03. The summed E-state index contributed by atoms with van der Waals surface area (Å²) in [4.78, 5) is 2.73. The van der Waals surface area contributed by atoms with Gasteiger partial charge in [0.2, 0.25) is 0 Å². The minimum Gasteiger partial charge on any atom is -0.381 e. The maximum atomic E-state index is 6.03. The molecule has 4 aliphatic rings. The Hall–Kier alpha value is -0.120. The summed E-state index contributed by atoms with van der Waals surface area (Å²) < 4.78 is 5.49. The van der Waals surface area contributed by atoms with E-state index in [1.165, 1.54) is 38.8 Å². The third-order valence-corrected chi connectivity index (χ3v) is 5.06. The molecule has 3 heteroatoms. The first-order valence-electron chi connectivity index (χ1n) is 6.92. The number of nitrogens with two attached hydrogens (primary N) is 1. The Morgan fingerprint density at radius 3 is 2.31 bits per heavy atom. The highest BCUT2D eigenvalue weighted by atomic mass is 16.5.